The standard InChI is InChI=1S/C13H25F3O2Si.3ClH.Ti/c1-7-8-11(10(17)9-13(14,15)16)18-19(5,6)12(2,3)4;;;;/h9,11,17H,7-8H2,1-6H3;3*1H;/q;;;;+4/p-4/b10-9-;;;;/t11-;;;;/m1..../s1. The van der Waals surface area contributed by atoms with Crippen molar-refractivity contribution in [1.29, 1.82) is 0 Å². The van der Waals surface area contributed by atoms with Crippen molar-refractivity contribution in [3.8, 4) is 0 Å². The van der Waals surface area contributed by atoms with E-state index in [0.29, 0.717) is 12.8 Å². The van der Waals surface area contributed by atoms with Crippen LogP contribution in [0, 0.1) is 0 Å². The van der Waals surface area contributed by atoms with Crippen molar-refractivity contribution in [3.63, 3.8) is 0 Å². The van der Waals surface area contributed by atoms with Gasteiger partial charge in [0.15, 0.2) is 8.32 Å². The average Bonchev–Trinajstić information content (AvgIpc) is 2.12. The fourth-order valence-electron chi connectivity index (χ4n) is 1.31. The summed E-state index contributed by atoms with van der Waals surface area (Å²) < 4.78 is 42.6. The number of rotatable bonds is 5. The van der Waals surface area contributed by atoms with Crippen LogP contribution in [0.3, 0.4) is 0 Å². The van der Waals surface area contributed by atoms with E-state index in [9.17, 15) is 18.3 Å². The Morgan fingerprint density at radius 1 is 1.13 bits per heavy atom. The molecule has 0 unspecified atom stereocenters. The molecule has 0 spiro atoms. The summed E-state index contributed by atoms with van der Waals surface area (Å²) in [4.78, 5) is 0. The summed E-state index contributed by atoms with van der Waals surface area (Å²) >= 11 is 0. The van der Waals surface area contributed by atoms with Crippen LogP contribution in [0.15, 0.2) is 11.8 Å². The Kier molecular flexibility index (Phi) is 20.4. The molecule has 0 heterocycles. The van der Waals surface area contributed by atoms with Crippen LogP contribution in [0.5, 0.6) is 0 Å². The average molecular weight is 452 g/mol. The molecule has 0 aromatic heterocycles. The van der Waals surface area contributed by atoms with Gasteiger partial charge in [-0.2, -0.15) is 13.2 Å². The maximum atomic E-state index is 12.3. The van der Waals surface area contributed by atoms with Crippen LogP contribution in [0.1, 0.15) is 40.5 Å². The second kappa shape index (κ2) is 13.3. The molecule has 0 rings (SSSR count). The fourth-order valence-corrected chi connectivity index (χ4v) is 2.61. The zero-order chi connectivity index (χ0) is 15.5. The molecule has 0 aliphatic heterocycles. The van der Waals surface area contributed by atoms with Crippen molar-refractivity contribution in [3.05, 3.63) is 11.8 Å². The van der Waals surface area contributed by atoms with Crippen molar-refractivity contribution < 1.29 is 81.6 Å². The number of hydrogen-bond donors (Lipinski definition) is 0. The van der Waals surface area contributed by atoms with E-state index >= 15 is 0 Å². The fraction of sp³-hybridized carbons (Fsp3) is 0.846. The van der Waals surface area contributed by atoms with E-state index in [1.165, 1.54) is 0 Å². The van der Waals surface area contributed by atoms with Crippen LogP contribution in [-0.2, 0) is 26.1 Å². The first-order valence-corrected chi connectivity index (χ1v) is 9.35. The van der Waals surface area contributed by atoms with Crippen LogP contribution in [0.4, 0.5) is 13.2 Å². The third kappa shape index (κ3) is 14.0. The zero-order valence-corrected chi connectivity index (χ0v) is 19.0. The van der Waals surface area contributed by atoms with Gasteiger partial charge in [0, 0.05) is 6.08 Å². The predicted octanol–water partition coefficient (Wildman–Crippen LogP) is -5.01. The van der Waals surface area contributed by atoms with Crippen molar-refractivity contribution in [2.24, 2.45) is 0 Å². The molecule has 0 aromatic rings. The van der Waals surface area contributed by atoms with Gasteiger partial charge in [0.05, 0.1) is 6.10 Å². The molecule has 0 radical (unpaired) electrons. The van der Waals surface area contributed by atoms with Crippen LogP contribution < -0.4 is 42.3 Å². The predicted molar refractivity (Wildman–Crippen MR) is 71.1 cm³/mol. The van der Waals surface area contributed by atoms with Crippen LogP contribution in [0.2, 0.25) is 18.1 Å². The molecule has 138 valence electrons. The Hall–Kier alpha value is 1.09. The third-order valence-electron chi connectivity index (χ3n) is 3.42. The SMILES string of the molecule is CCC[C@@H](O[Si](C)(C)C(C)(C)C)/C([O-])=C/C(F)(F)F.[Cl-].[Cl-].[Cl-].[Ti+4]. The summed E-state index contributed by atoms with van der Waals surface area (Å²) in [6.07, 6.45) is -4.82. The van der Waals surface area contributed by atoms with Crippen molar-refractivity contribution >= 4 is 8.32 Å². The van der Waals surface area contributed by atoms with E-state index in [1.807, 2.05) is 40.8 Å². The first-order valence-electron chi connectivity index (χ1n) is 6.44. The molecule has 0 N–H and O–H groups in total. The number of alkyl halides is 3. The van der Waals surface area contributed by atoms with Gasteiger partial charge in [0.1, 0.15) is 0 Å². The normalized spacial score (nSPS) is 13.7. The van der Waals surface area contributed by atoms with Gasteiger partial charge in [-0.25, -0.2) is 0 Å². The van der Waals surface area contributed by atoms with Gasteiger partial charge < -0.3 is 46.8 Å². The second-order valence-electron chi connectivity index (χ2n) is 6.24. The second-order valence-corrected chi connectivity index (χ2v) is 11.0. The molecular formula is C13H24Cl3F3O2SiTi. The minimum atomic E-state index is -4.58. The summed E-state index contributed by atoms with van der Waals surface area (Å²) in [5, 5.41) is 11.5. The van der Waals surface area contributed by atoms with Crippen molar-refractivity contribution in [2.75, 3.05) is 0 Å². The largest absolute Gasteiger partial charge is 4.00 e. The Bertz CT molecular complexity index is 335. The topological polar surface area (TPSA) is 32.3 Å². The molecule has 2 nitrogen and oxygen atoms in total. The Balaban J connectivity index is -0.000000270. The first-order chi connectivity index (χ1) is 8.30. The molecule has 0 bridgehead atoms. The van der Waals surface area contributed by atoms with E-state index in [1.54, 1.807) is 0 Å². The molecule has 0 amide bonds. The quantitative estimate of drug-likeness (QED) is 0.310. The molecule has 0 aliphatic carbocycles. The van der Waals surface area contributed by atoms with Gasteiger partial charge in [-0.1, -0.05) is 39.9 Å². The smallest absolute Gasteiger partial charge is 1.00 e. The van der Waals surface area contributed by atoms with Crippen molar-refractivity contribution in [1.82, 2.24) is 0 Å². The van der Waals surface area contributed by atoms with Gasteiger partial charge in [0.2, 0.25) is 0 Å². The summed E-state index contributed by atoms with van der Waals surface area (Å²) in [6, 6.07) is 0. The summed E-state index contributed by atoms with van der Waals surface area (Å²) in [6.45, 7) is 11.6. The molecule has 23 heavy (non-hydrogen) atoms. The van der Waals surface area contributed by atoms with Gasteiger partial charge >= 0.3 is 27.9 Å². The molecule has 0 aromatic carbocycles. The molecule has 0 aliphatic rings. The maximum Gasteiger partial charge on any atom is 4.00 e. The Labute approximate surface area is 172 Å². The Morgan fingerprint density at radius 3 is 1.78 bits per heavy atom. The molecule has 0 fully saturated rings. The first kappa shape index (κ1) is 35.2. The van der Waals surface area contributed by atoms with Gasteiger partial charge in [0.25, 0.3) is 0 Å². The minimum Gasteiger partial charge on any atom is -1.00 e. The maximum absolute atomic E-state index is 12.3. The van der Waals surface area contributed by atoms with Gasteiger partial charge in [-0.15, -0.1) is 0 Å². The van der Waals surface area contributed by atoms with Crippen LogP contribution in [-0.4, -0.2) is 20.6 Å². The summed E-state index contributed by atoms with van der Waals surface area (Å²) in [7, 11) is -2.25. The molecule has 0 saturated heterocycles. The number of allylic oxidation sites excluding steroid dienone is 1. The molecule has 1 atom stereocenters. The summed E-state index contributed by atoms with van der Waals surface area (Å²) in [5.41, 5.74) is 0. The summed E-state index contributed by atoms with van der Waals surface area (Å²) in [5.74, 6) is -0.973. The van der Waals surface area contributed by atoms with E-state index in [2.05, 4.69) is 0 Å². The molecular weight excluding hydrogens is 427 g/mol. The zero-order valence-electron chi connectivity index (χ0n) is 14.2. The van der Waals surface area contributed by atoms with E-state index < -0.39 is 26.4 Å². The van der Waals surface area contributed by atoms with E-state index in [4.69, 9.17) is 4.43 Å². The van der Waals surface area contributed by atoms with E-state index in [-0.39, 0.29) is 70.1 Å². The monoisotopic (exact) mass is 450 g/mol. The minimum absolute atomic E-state index is 0. The Morgan fingerprint density at radius 2 is 1.52 bits per heavy atom. The molecule has 0 saturated carbocycles. The van der Waals surface area contributed by atoms with Crippen molar-refractivity contribution in [2.45, 2.75) is 70.9 Å². The molecule has 10 heteroatoms. The van der Waals surface area contributed by atoms with Crippen LogP contribution >= 0.6 is 0 Å². The van der Waals surface area contributed by atoms with Gasteiger partial charge in [-0.3, -0.25) is 0 Å². The third-order valence-corrected chi connectivity index (χ3v) is 7.90. The number of hydrogen-bond acceptors (Lipinski definition) is 2. The number of halogens is 6. The van der Waals surface area contributed by atoms with Crippen LogP contribution in [0.25, 0.3) is 0 Å². The van der Waals surface area contributed by atoms with E-state index in [0.717, 1.165) is 0 Å². The van der Waals surface area contributed by atoms with Gasteiger partial charge in [-0.05, 0) is 24.6 Å².